The fraction of sp³-hybridized carbons (Fsp3) is 0.522. The van der Waals surface area contributed by atoms with Crippen LogP contribution < -0.4 is 22.1 Å². The molecule has 0 radical (unpaired) electrons. The molecule has 2 rings (SSSR count). The molecule has 0 saturated carbocycles. The molecule has 4 amide bonds. The molecule has 198 valence electrons. The predicted octanol–water partition coefficient (Wildman–Crippen LogP) is -1.06. The number of carboxylic acid groups (broad SMARTS) is 1. The molecule has 1 saturated heterocycles. The first kappa shape index (κ1) is 28.9. The number of amides is 4. The number of nitrogens with one attached hydrogen (secondary N) is 2. The van der Waals surface area contributed by atoms with Gasteiger partial charge in [-0.3, -0.25) is 19.2 Å². The van der Waals surface area contributed by atoms with Crippen molar-refractivity contribution in [3.8, 4) is 5.75 Å². The molecule has 0 bridgehead atoms. The minimum Gasteiger partial charge on any atom is -0.508 e. The first-order chi connectivity index (χ1) is 17.0. The second kappa shape index (κ2) is 13.7. The summed E-state index contributed by atoms with van der Waals surface area (Å²) >= 11 is 1.46. The maximum absolute atomic E-state index is 13.3. The van der Waals surface area contributed by atoms with Crippen molar-refractivity contribution < 1.29 is 34.2 Å². The number of primary amides is 1. The number of nitrogens with zero attached hydrogens (tertiary/aromatic N) is 1. The van der Waals surface area contributed by atoms with E-state index in [1.165, 1.54) is 28.8 Å². The summed E-state index contributed by atoms with van der Waals surface area (Å²) in [6.07, 6.45) is 2.57. The molecule has 1 aromatic rings. The first-order valence-electron chi connectivity index (χ1n) is 11.5. The van der Waals surface area contributed by atoms with Crippen molar-refractivity contribution in [3.05, 3.63) is 29.8 Å². The van der Waals surface area contributed by atoms with Crippen molar-refractivity contribution in [1.29, 1.82) is 0 Å². The Labute approximate surface area is 213 Å². The number of hydrogen-bond acceptors (Lipinski definition) is 8. The minimum absolute atomic E-state index is 0.00600. The number of phenols is 1. The van der Waals surface area contributed by atoms with Gasteiger partial charge < -0.3 is 37.2 Å². The van der Waals surface area contributed by atoms with E-state index in [-0.39, 0.29) is 25.1 Å². The molecule has 1 aromatic carbocycles. The summed E-state index contributed by atoms with van der Waals surface area (Å²) in [6.45, 7) is 0.275. The number of thioether (sulfide) groups is 1. The number of aliphatic carboxylic acids is 1. The predicted molar refractivity (Wildman–Crippen MR) is 133 cm³/mol. The molecule has 4 unspecified atom stereocenters. The van der Waals surface area contributed by atoms with E-state index < -0.39 is 60.2 Å². The van der Waals surface area contributed by atoms with Crippen LogP contribution in [0.25, 0.3) is 0 Å². The second-order valence-corrected chi connectivity index (χ2v) is 9.56. The number of aromatic hydroxyl groups is 1. The Morgan fingerprint density at radius 2 is 1.75 bits per heavy atom. The van der Waals surface area contributed by atoms with E-state index in [2.05, 4.69) is 10.6 Å². The van der Waals surface area contributed by atoms with Crippen LogP contribution in [-0.2, 0) is 30.4 Å². The van der Waals surface area contributed by atoms with Gasteiger partial charge in [-0.2, -0.15) is 11.8 Å². The van der Waals surface area contributed by atoms with Gasteiger partial charge >= 0.3 is 5.97 Å². The van der Waals surface area contributed by atoms with Crippen molar-refractivity contribution in [2.24, 2.45) is 11.5 Å². The van der Waals surface area contributed by atoms with Gasteiger partial charge in [-0.25, -0.2) is 4.79 Å². The SMILES string of the molecule is CSCCC(NC(=O)C(Cc1ccc(O)cc1)NC(=O)C(N)CC(N)=O)C(=O)N1CCCC1C(=O)O. The molecule has 0 aromatic heterocycles. The monoisotopic (exact) mass is 523 g/mol. The van der Waals surface area contributed by atoms with E-state index in [9.17, 15) is 34.2 Å². The fourth-order valence-corrected chi connectivity index (χ4v) is 4.39. The standard InChI is InChI=1S/C23H33N5O7S/c1-36-10-8-16(22(33)28-9-2-3-18(28)23(34)35)26-21(32)17(11-13-4-6-14(29)7-5-13)27-20(31)15(24)12-19(25)30/h4-7,15-18,29H,2-3,8-12,24H2,1H3,(H2,25,30)(H,26,32)(H,27,31)(H,34,35). The molecular formula is C23H33N5O7S. The quantitative estimate of drug-likeness (QED) is 0.186. The third kappa shape index (κ3) is 8.41. The number of benzene rings is 1. The van der Waals surface area contributed by atoms with Gasteiger partial charge in [0.05, 0.1) is 12.5 Å². The van der Waals surface area contributed by atoms with Crippen LogP contribution in [0.4, 0.5) is 0 Å². The lowest BCUT2D eigenvalue weighted by atomic mass is 10.0. The van der Waals surface area contributed by atoms with Crippen LogP contribution in [-0.4, -0.2) is 87.4 Å². The molecular weight excluding hydrogens is 490 g/mol. The topological polar surface area (TPSA) is 205 Å². The van der Waals surface area contributed by atoms with Crippen molar-refractivity contribution >= 4 is 41.4 Å². The van der Waals surface area contributed by atoms with Gasteiger partial charge in [0.25, 0.3) is 0 Å². The van der Waals surface area contributed by atoms with E-state index in [1.807, 2.05) is 6.26 Å². The van der Waals surface area contributed by atoms with Crippen LogP contribution in [0.2, 0.25) is 0 Å². The third-order valence-electron chi connectivity index (χ3n) is 5.81. The highest BCUT2D eigenvalue weighted by molar-refractivity contribution is 7.98. The lowest BCUT2D eigenvalue weighted by Gasteiger charge is -2.29. The van der Waals surface area contributed by atoms with Gasteiger partial charge in [0, 0.05) is 13.0 Å². The average molecular weight is 524 g/mol. The van der Waals surface area contributed by atoms with Crippen LogP contribution in [0.15, 0.2) is 24.3 Å². The molecule has 8 N–H and O–H groups in total. The largest absolute Gasteiger partial charge is 0.508 e. The van der Waals surface area contributed by atoms with Gasteiger partial charge in [0.1, 0.15) is 23.9 Å². The Morgan fingerprint density at radius 1 is 1.11 bits per heavy atom. The van der Waals surface area contributed by atoms with Gasteiger partial charge in [-0.1, -0.05) is 12.1 Å². The van der Waals surface area contributed by atoms with Crippen molar-refractivity contribution in [1.82, 2.24) is 15.5 Å². The number of carbonyl (C=O) groups excluding carboxylic acids is 4. The van der Waals surface area contributed by atoms with Crippen LogP contribution in [0.1, 0.15) is 31.2 Å². The van der Waals surface area contributed by atoms with Gasteiger partial charge in [-0.05, 0) is 49.0 Å². The van der Waals surface area contributed by atoms with Gasteiger partial charge in [-0.15, -0.1) is 0 Å². The molecule has 12 nitrogen and oxygen atoms in total. The Morgan fingerprint density at radius 3 is 2.33 bits per heavy atom. The molecule has 1 heterocycles. The molecule has 1 fully saturated rings. The highest BCUT2D eigenvalue weighted by Crippen LogP contribution is 2.20. The number of rotatable bonds is 13. The Bertz CT molecular complexity index is 959. The Kier molecular flexibility index (Phi) is 11.0. The molecule has 36 heavy (non-hydrogen) atoms. The summed E-state index contributed by atoms with van der Waals surface area (Å²) in [6, 6.07) is 1.61. The van der Waals surface area contributed by atoms with Crippen LogP contribution in [0.5, 0.6) is 5.75 Å². The van der Waals surface area contributed by atoms with Crippen molar-refractivity contribution in [2.75, 3.05) is 18.6 Å². The zero-order chi connectivity index (χ0) is 26.8. The molecule has 13 heteroatoms. The number of nitrogens with two attached hydrogens (primary N) is 2. The normalized spacial score (nSPS) is 17.6. The maximum Gasteiger partial charge on any atom is 0.326 e. The van der Waals surface area contributed by atoms with Crippen molar-refractivity contribution in [3.63, 3.8) is 0 Å². The Hall–Kier alpha value is -3.32. The number of likely N-dealkylation sites (tertiary alicyclic amines) is 1. The highest BCUT2D eigenvalue weighted by Gasteiger charge is 2.38. The molecule has 1 aliphatic rings. The summed E-state index contributed by atoms with van der Waals surface area (Å²) in [4.78, 5) is 63.1. The van der Waals surface area contributed by atoms with Crippen molar-refractivity contribution in [2.45, 2.75) is 56.3 Å². The lowest BCUT2D eigenvalue weighted by molar-refractivity contribution is -0.149. The number of carboxylic acids is 1. The first-order valence-corrected chi connectivity index (χ1v) is 12.9. The van der Waals surface area contributed by atoms with Crippen LogP contribution in [0, 0.1) is 0 Å². The van der Waals surface area contributed by atoms with E-state index in [0.29, 0.717) is 24.2 Å². The van der Waals surface area contributed by atoms with E-state index in [4.69, 9.17) is 11.5 Å². The zero-order valence-electron chi connectivity index (χ0n) is 20.0. The average Bonchev–Trinajstić information content (AvgIpc) is 3.32. The van der Waals surface area contributed by atoms with Gasteiger partial charge in [0.15, 0.2) is 0 Å². The maximum atomic E-state index is 13.3. The Balaban J connectivity index is 2.24. The molecule has 1 aliphatic heterocycles. The van der Waals surface area contributed by atoms with E-state index in [0.717, 1.165) is 0 Å². The second-order valence-electron chi connectivity index (χ2n) is 8.58. The van der Waals surface area contributed by atoms with Gasteiger partial charge in [0.2, 0.25) is 23.6 Å². The van der Waals surface area contributed by atoms with E-state index in [1.54, 1.807) is 12.1 Å². The molecule has 0 spiro atoms. The summed E-state index contributed by atoms with van der Waals surface area (Å²) < 4.78 is 0. The fourth-order valence-electron chi connectivity index (χ4n) is 3.92. The van der Waals surface area contributed by atoms with Crippen LogP contribution in [0.3, 0.4) is 0 Å². The number of phenolic OH excluding ortho intramolecular Hbond substituents is 1. The summed E-state index contributed by atoms with van der Waals surface area (Å²) in [5, 5.41) is 24.2. The smallest absolute Gasteiger partial charge is 0.326 e. The zero-order valence-corrected chi connectivity index (χ0v) is 20.8. The lowest BCUT2D eigenvalue weighted by Crippen LogP contribution is -2.58. The summed E-state index contributed by atoms with van der Waals surface area (Å²) in [5.41, 5.74) is 11.4. The summed E-state index contributed by atoms with van der Waals surface area (Å²) in [7, 11) is 0. The molecule has 0 aliphatic carbocycles. The third-order valence-corrected chi connectivity index (χ3v) is 6.46. The summed E-state index contributed by atoms with van der Waals surface area (Å²) in [5.74, 6) is -3.27. The number of carbonyl (C=O) groups is 5. The van der Waals surface area contributed by atoms with Crippen LogP contribution >= 0.6 is 11.8 Å². The minimum atomic E-state index is -1.27. The number of hydrogen-bond donors (Lipinski definition) is 6. The molecule has 4 atom stereocenters. The highest BCUT2D eigenvalue weighted by atomic mass is 32.2. The van der Waals surface area contributed by atoms with E-state index >= 15 is 0 Å².